The first kappa shape index (κ1) is 14.4. The van der Waals surface area contributed by atoms with Gasteiger partial charge in [0.2, 0.25) is 5.91 Å². The van der Waals surface area contributed by atoms with Crippen LogP contribution in [0.3, 0.4) is 0 Å². The molecule has 0 aliphatic carbocycles. The van der Waals surface area contributed by atoms with Crippen molar-refractivity contribution in [3.63, 3.8) is 0 Å². The van der Waals surface area contributed by atoms with Gasteiger partial charge in [-0.1, -0.05) is 11.3 Å². The van der Waals surface area contributed by atoms with Gasteiger partial charge in [0.05, 0.1) is 16.8 Å². The summed E-state index contributed by atoms with van der Waals surface area (Å²) in [5.74, 6) is -0.965. The summed E-state index contributed by atoms with van der Waals surface area (Å²) in [6.45, 7) is 0.0237. The Morgan fingerprint density at radius 2 is 1.82 bits per heavy atom. The normalized spacial score (nSPS) is 10.6. The van der Waals surface area contributed by atoms with E-state index in [4.69, 9.17) is 0 Å². The molecule has 2 aromatic carbocycles. The van der Waals surface area contributed by atoms with Gasteiger partial charge in [0.25, 0.3) is 0 Å². The number of amides is 1. The van der Waals surface area contributed by atoms with Crippen LogP contribution < -0.4 is 10.6 Å². The monoisotopic (exact) mass is 319 g/mol. The molecule has 0 fully saturated rings. The van der Waals surface area contributed by atoms with Crippen LogP contribution in [0.5, 0.6) is 0 Å². The number of carbonyl (C=O) groups is 1. The highest BCUT2D eigenvalue weighted by Gasteiger charge is 2.08. The zero-order valence-electron chi connectivity index (χ0n) is 11.3. The number of hydrogen-bond donors (Lipinski definition) is 2. The molecule has 4 nitrogen and oxygen atoms in total. The summed E-state index contributed by atoms with van der Waals surface area (Å²) < 4.78 is 26.5. The standard InChI is InChI=1S/C15H11F2N3OS/c16-9-1-4-11(5-2-9)18-8-14(21)20-15-19-12-6-3-10(17)7-13(12)22-15/h1-7,18H,8H2,(H,19,20,21). The molecular formula is C15H11F2N3OS. The molecule has 1 amide bonds. The van der Waals surface area contributed by atoms with E-state index < -0.39 is 0 Å². The quantitative estimate of drug-likeness (QED) is 0.772. The molecule has 0 saturated heterocycles. The smallest absolute Gasteiger partial charge is 0.245 e. The fourth-order valence-electron chi connectivity index (χ4n) is 1.87. The first-order valence-electron chi connectivity index (χ1n) is 6.45. The molecule has 0 radical (unpaired) electrons. The zero-order chi connectivity index (χ0) is 15.5. The van der Waals surface area contributed by atoms with E-state index in [0.29, 0.717) is 21.0 Å². The Balaban J connectivity index is 1.61. The van der Waals surface area contributed by atoms with Gasteiger partial charge in [0, 0.05) is 5.69 Å². The van der Waals surface area contributed by atoms with Gasteiger partial charge in [-0.25, -0.2) is 13.8 Å². The molecular weight excluding hydrogens is 308 g/mol. The summed E-state index contributed by atoms with van der Waals surface area (Å²) in [5, 5.41) is 5.92. The van der Waals surface area contributed by atoms with Crippen LogP contribution in [-0.4, -0.2) is 17.4 Å². The molecule has 3 aromatic rings. The van der Waals surface area contributed by atoms with Crippen molar-refractivity contribution in [1.82, 2.24) is 4.98 Å². The van der Waals surface area contributed by atoms with Gasteiger partial charge in [0.1, 0.15) is 11.6 Å². The minimum atomic E-state index is -0.341. The van der Waals surface area contributed by atoms with Crippen LogP contribution in [-0.2, 0) is 4.79 Å². The molecule has 3 rings (SSSR count). The van der Waals surface area contributed by atoms with Gasteiger partial charge < -0.3 is 10.6 Å². The number of fused-ring (bicyclic) bond motifs is 1. The fraction of sp³-hybridized carbons (Fsp3) is 0.0667. The average molecular weight is 319 g/mol. The van der Waals surface area contributed by atoms with Crippen molar-refractivity contribution in [2.45, 2.75) is 0 Å². The van der Waals surface area contributed by atoms with Crippen molar-refractivity contribution < 1.29 is 13.6 Å². The number of anilines is 2. The van der Waals surface area contributed by atoms with Gasteiger partial charge >= 0.3 is 0 Å². The van der Waals surface area contributed by atoms with E-state index in [-0.39, 0.29) is 24.1 Å². The summed E-state index contributed by atoms with van der Waals surface area (Å²) in [7, 11) is 0. The lowest BCUT2D eigenvalue weighted by Crippen LogP contribution is -2.21. The zero-order valence-corrected chi connectivity index (χ0v) is 12.1. The third-order valence-electron chi connectivity index (χ3n) is 2.89. The van der Waals surface area contributed by atoms with Crippen molar-refractivity contribution >= 4 is 38.3 Å². The summed E-state index contributed by atoms with van der Waals surface area (Å²) in [5.41, 5.74) is 1.27. The number of thiazole rings is 1. The number of halogens is 2. The Kier molecular flexibility index (Phi) is 3.97. The van der Waals surface area contributed by atoms with Crippen molar-refractivity contribution in [2.75, 3.05) is 17.2 Å². The lowest BCUT2D eigenvalue weighted by molar-refractivity contribution is -0.114. The summed E-state index contributed by atoms with van der Waals surface area (Å²) in [4.78, 5) is 16.0. The maximum atomic E-state index is 13.1. The Morgan fingerprint density at radius 1 is 1.09 bits per heavy atom. The fourth-order valence-corrected chi connectivity index (χ4v) is 2.77. The molecule has 7 heteroatoms. The molecule has 22 heavy (non-hydrogen) atoms. The maximum Gasteiger partial charge on any atom is 0.245 e. The van der Waals surface area contributed by atoms with Crippen LogP contribution in [0.15, 0.2) is 42.5 Å². The lowest BCUT2D eigenvalue weighted by Gasteiger charge is -2.05. The topological polar surface area (TPSA) is 54.0 Å². The lowest BCUT2D eigenvalue weighted by atomic mass is 10.3. The third-order valence-corrected chi connectivity index (χ3v) is 3.83. The average Bonchev–Trinajstić information content (AvgIpc) is 2.88. The van der Waals surface area contributed by atoms with Gasteiger partial charge in [-0.05, 0) is 42.5 Å². The first-order chi connectivity index (χ1) is 10.6. The van der Waals surface area contributed by atoms with E-state index in [1.165, 1.54) is 35.6 Å². The van der Waals surface area contributed by atoms with Crippen LogP contribution in [0.2, 0.25) is 0 Å². The Morgan fingerprint density at radius 3 is 2.59 bits per heavy atom. The maximum absolute atomic E-state index is 13.1. The molecule has 0 atom stereocenters. The van der Waals surface area contributed by atoms with E-state index in [1.54, 1.807) is 18.2 Å². The van der Waals surface area contributed by atoms with Crippen LogP contribution in [0, 0.1) is 11.6 Å². The molecule has 0 saturated carbocycles. The van der Waals surface area contributed by atoms with Crippen LogP contribution in [0.25, 0.3) is 10.2 Å². The first-order valence-corrected chi connectivity index (χ1v) is 7.27. The number of benzene rings is 2. The molecule has 0 aliphatic heterocycles. The van der Waals surface area contributed by atoms with Crippen LogP contribution >= 0.6 is 11.3 Å². The SMILES string of the molecule is O=C(CNc1ccc(F)cc1)Nc1nc2ccc(F)cc2s1. The summed E-state index contributed by atoms with van der Waals surface area (Å²) in [6.07, 6.45) is 0. The minimum Gasteiger partial charge on any atom is -0.376 e. The number of nitrogens with zero attached hydrogens (tertiary/aromatic N) is 1. The molecule has 1 aromatic heterocycles. The van der Waals surface area contributed by atoms with Crippen LogP contribution in [0.1, 0.15) is 0 Å². The molecule has 1 heterocycles. The van der Waals surface area contributed by atoms with E-state index >= 15 is 0 Å². The Bertz CT molecular complexity index is 817. The number of rotatable bonds is 4. The summed E-state index contributed by atoms with van der Waals surface area (Å²) >= 11 is 1.20. The number of carbonyl (C=O) groups excluding carboxylic acids is 1. The molecule has 0 unspecified atom stereocenters. The molecule has 0 spiro atoms. The van der Waals surface area contributed by atoms with Crippen molar-refractivity contribution in [2.24, 2.45) is 0 Å². The van der Waals surface area contributed by atoms with Crippen LogP contribution in [0.4, 0.5) is 19.6 Å². The van der Waals surface area contributed by atoms with Gasteiger partial charge in [-0.3, -0.25) is 4.79 Å². The van der Waals surface area contributed by atoms with Gasteiger partial charge in [-0.15, -0.1) is 0 Å². The molecule has 0 aliphatic rings. The van der Waals surface area contributed by atoms with Crippen molar-refractivity contribution in [1.29, 1.82) is 0 Å². The van der Waals surface area contributed by atoms with E-state index in [0.717, 1.165) is 0 Å². The highest BCUT2D eigenvalue weighted by molar-refractivity contribution is 7.22. The Hall–Kier alpha value is -2.54. The number of nitrogens with one attached hydrogen (secondary N) is 2. The predicted molar refractivity (Wildman–Crippen MR) is 83.1 cm³/mol. The van der Waals surface area contributed by atoms with Crippen molar-refractivity contribution in [3.8, 4) is 0 Å². The third kappa shape index (κ3) is 3.37. The largest absolute Gasteiger partial charge is 0.376 e. The van der Waals surface area contributed by atoms with E-state index in [1.807, 2.05) is 0 Å². The van der Waals surface area contributed by atoms with Gasteiger partial charge in [-0.2, -0.15) is 0 Å². The van der Waals surface area contributed by atoms with E-state index in [9.17, 15) is 13.6 Å². The predicted octanol–water partition coefficient (Wildman–Crippen LogP) is 3.63. The molecule has 2 N–H and O–H groups in total. The highest BCUT2D eigenvalue weighted by atomic mass is 32.1. The molecule has 0 bridgehead atoms. The second kappa shape index (κ2) is 6.07. The molecule has 112 valence electrons. The second-order valence-electron chi connectivity index (χ2n) is 4.54. The highest BCUT2D eigenvalue weighted by Crippen LogP contribution is 2.26. The number of hydrogen-bond acceptors (Lipinski definition) is 4. The van der Waals surface area contributed by atoms with Gasteiger partial charge in [0.15, 0.2) is 5.13 Å². The minimum absolute atomic E-state index is 0.0237. The summed E-state index contributed by atoms with van der Waals surface area (Å²) in [6, 6.07) is 9.97. The Labute approximate surface area is 128 Å². The van der Waals surface area contributed by atoms with Crippen molar-refractivity contribution in [3.05, 3.63) is 54.1 Å². The second-order valence-corrected chi connectivity index (χ2v) is 5.57. The number of aromatic nitrogens is 1. The van der Waals surface area contributed by atoms with E-state index in [2.05, 4.69) is 15.6 Å².